The normalized spacial score (nSPS) is 19.6. The van der Waals surface area contributed by atoms with Crippen molar-refractivity contribution in [2.24, 2.45) is 0 Å². The van der Waals surface area contributed by atoms with Crippen LogP contribution < -0.4 is 10.6 Å². The Morgan fingerprint density at radius 1 is 1.40 bits per heavy atom. The van der Waals surface area contributed by atoms with Gasteiger partial charge in [0.05, 0.1) is 23.8 Å². The number of carbonyl (C=O) groups excluding carboxylic acids is 1. The lowest BCUT2D eigenvalue weighted by molar-refractivity contribution is -0.120. The third-order valence-electron chi connectivity index (χ3n) is 3.15. The first-order chi connectivity index (χ1) is 9.54. The number of methoxy groups -OCH3 is 1. The third kappa shape index (κ3) is 3.36. The lowest BCUT2D eigenvalue weighted by Crippen LogP contribution is -2.37. The summed E-state index contributed by atoms with van der Waals surface area (Å²) in [5.74, 6) is -0.179. The molecule has 2 N–H and O–H groups in total. The summed E-state index contributed by atoms with van der Waals surface area (Å²) in [4.78, 5) is 11.9. The Morgan fingerprint density at radius 2 is 2.15 bits per heavy atom. The SMILES string of the molecule is COCCNC(=O)CNC1CS(=O)(=O)c2ccccc21. The van der Waals surface area contributed by atoms with E-state index in [0.29, 0.717) is 18.0 Å². The van der Waals surface area contributed by atoms with Gasteiger partial charge in [0, 0.05) is 19.7 Å². The third-order valence-corrected chi connectivity index (χ3v) is 4.97. The van der Waals surface area contributed by atoms with Gasteiger partial charge >= 0.3 is 0 Å². The van der Waals surface area contributed by atoms with E-state index >= 15 is 0 Å². The first-order valence-corrected chi connectivity index (χ1v) is 8.00. The number of benzene rings is 1. The quantitative estimate of drug-likeness (QED) is 0.715. The van der Waals surface area contributed by atoms with Crippen LogP contribution in [0.25, 0.3) is 0 Å². The Balaban J connectivity index is 1.94. The van der Waals surface area contributed by atoms with Crippen molar-refractivity contribution in [2.75, 3.05) is 32.6 Å². The summed E-state index contributed by atoms with van der Waals surface area (Å²) in [7, 11) is -1.68. The molecular weight excluding hydrogens is 280 g/mol. The lowest BCUT2D eigenvalue weighted by atomic mass is 10.1. The molecule has 1 unspecified atom stereocenters. The van der Waals surface area contributed by atoms with Crippen LogP contribution in [0.15, 0.2) is 29.2 Å². The van der Waals surface area contributed by atoms with Crippen molar-refractivity contribution >= 4 is 15.7 Å². The molecule has 0 radical (unpaired) electrons. The van der Waals surface area contributed by atoms with Gasteiger partial charge in [-0.15, -0.1) is 0 Å². The van der Waals surface area contributed by atoms with Crippen molar-refractivity contribution in [3.8, 4) is 0 Å². The van der Waals surface area contributed by atoms with Crippen molar-refractivity contribution in [3.05, 3.63) is 29.8 Å². The molecule has 20 heavy (non-hydrogen) atoms. The number of amides is 1. The zero-order valence-electron chi connectivity index (χ0n) is 11.3. The van der Waals surface area contributed by atoms with Crippen LogP contribution in [0.2, 0.25) is 0 Å². The first kappa shape index (κ1) is 15.0. The summed E-state index contributed by atoms with van der Waals surface area (Å²) in [6.07, 6.45) is 0. The van der Waals surface area contributed by atoms with Gasteiger partial charge in [-0.05, 0) is 11.6 Å². The summed E-state index contributed by atoms with van der Waals surface area (Å²) in [5, 5.41) is 5.66. The molecule has 1 aromatic rings. The molecule has 0 bridgehead atoms. The van der Waals surface area contributed by atoms with E-state index in [2.05, 4.69) is 10.6 Å². The van der Waals surface area contributed by atoms with Crippen LogP contribution in [-0.4, -0.2) is 46.9 Å². The Labute approximate surface area is 118 Å². The van der Waals surface area contributed by atoms with Gasteiger partial charge in [-0.2, -0.15) is 0 Å². The second-order valence-electron chi connectivity index (χ2n) is 4.60. The fraction of sp³-hybridized carbons (Fsp3) is 0.462. The molecule has 110 valence electrons. The number of nitrogens with one attached hydrogen (secondary N) is 2. The van der Waals surface area contributed by atoms with E-state index in [1.165, 1.54) is 0 Å². The number of fused-ring (bicyclic) bond motifs is 1. The molecule has 0 saturated heterocycles. The van der Waals surface area contributed by atoms with Gasteiger partial charge in [-0.3, -0.25) is 4.79 Å². The standard InChI is InChI=1S/C13H18N2O4S/c1-19-7-6-14-13(16)8-15-11-9-20(17,18)12-5-3-2-4-10(11)12/h2-5,11,15H,6-9H2,1H3,(H,14,16). The van der Waals surface area contributed by atoms with Crippen LogP contribution in [0.4, 0.5) is 0 Å². The molecule has 6 nitrogen and oxygen atoms in total. The number of rotatable bonds is 6. The Bertz CT molecular complexity index is 586. The van der Waals surface area contributed by atoms with Crippen LogP contribution in [0.3, 0.4) is 0 Å². The summed E-state index contributed by atoms with van der Waals surface area (Å²) in [6.45, 7) is 0.973. The molecule has 2 rings (SSSR count). The fourth-order valence-corrected chi connectivity index (χ4v) is 3.96. The summed E-state index contributed by atoms with van der Waals surface area (Å²) >= 11 is 0. The Hall–Kier alpha value is -1.44. The van der Waals surface area contributed by atoms with Gasteiger partial charge in [0.2, 0.25) is 5.91 Å². The zero-order valence-corrected chi connectivity index (χ0v) is 12.1. The number of sulfone groups is 1. The van der Waals surface area contributed by atoms with Crippen LogP contribution in [0, 0.1) is 0 Å². The average Bonchev–Trinajstić information content (AvgIpc) is 2.69. The van der Waals surface area contributed by atoms with Crippen LogP contribution in [0.1, 0.15) is 11.6 Å². The summed E-state index contributed by atoms with van der Waals surface area (Å²) < 4.78 is 28.8. The van der Waals surface area contributed by atoms with Gasteiger partial charge in [0.1, 0.15) is 0 Å². The van der Waals surface area contributed by atoms with Crippen LogP contribution in [0.5, 0.6) is 0 Å². The molecule has 1 atom stereocenters. The average molecular weight is 298 g/mol. The lowest BCUT2D eigenvalue weighted by Gasteiger charge is -2.12. The van der Waals surface area contributed by atoms with E-state index in [0.717, 1.165) is 5.56 Å². The maximum atomic E-state index is 12.0. The molecule has 7 heteroatoms. The molecule has 0 aromatic heterocycles. The highest BCUT2D eigenvalue weighted by Gasteiger charge is 2.34. The minimum absolute atomic E-state index is 0.00228. The van der Waals surface area contributed by atoms with Gasteiger partial charge < -0.3 is 15.4 Å². The van der Waals surface area contributed by atoms with Crippen molar-refractivity contribution in [1.29, 1.82) is 0 Å². The predicted molar refractivity (Wildman–Crippen MR) is 74.1 cm³/mol. The molecule has 0 aliphatic carbocycles. The molecule has 1 heterocycles. The molecule has 1 amide bonds. The van der Waals surface area contributed by atoms with Gasteiger partial charge in [0.15, 0.2) is 9.84 Å². The van der Waals surface area contributed by atoms with Crippen molar-refractivity contribution < 1.29 is 17.9 Å². The number of hydrogen-bond acceptors (Lipinski definition) is 5. The van der Waals surface area contributed by atoms with Crippen LogP contribution >= 0.6 is 0 Å². The summed E-state index contributed by atoms with van der Waals surface area (Å²) in [5.41, 5.74) is 0.734. The highest BCUT2D eigenvalue weighted by atomic mass is 32.2. The molecule has 0 fully saturated rings. The topological polar surface area (TPSA) is 84.5 Å². The van der Waals surface area contributed by atoms with E-state index in [9.17, 15) is 13.2 Å². The largest absolute Gasteiger partial charge is 0.383 e. The van der Waals surface area contributed by atoms with E-state index in [1.807, 2.05) is 0 Å². The second kappa shape index (κ2) is 6.34. The second-order valence-corrected chi connectivity index (χ2v) is 6.60. The van der Waals surface area contributed by atoms with Crippen molar-refractivity contribution in [1.82, 2.24) is 10.6 Å². The molecular formula is C13H18N2O4S. The fourth-order valence-electron chi connectivity index (χ4n) is 2.19. The van der Waals surface area contributed by atoms with Gasteiger partial charge in [-0.25, -0.2) is 8.42 Å². The number of carbonyl (C=O) groups is 1. The monoisotopic (exact) mass is 298 g/mol. The maximum absolute atomic E-state index is 12.0. The molecule has 0 saturated carbocycles. The van der Waals surface area contributed by atoms with E-state index < -0.39 is 9.84 Å². The smallest absolute Gasteiger partial charge is 0.234 e. The van der Waals surface area contributed by atoms with Gasteiger partial charge in [-0.1, -0.05) is 18.2 Å². The Kier molecular flexibility index (Phi) is 4.74. The van der Waals surface area contributed by atoms with Gasteiger partial charge in [0.25, 0.3) is 0 Å². The number of ether oxygens (including phenoxy) is 1. The number of hydrogen-bond donors (Lipinski definition) is 2. The van der Waals surface area contributed by atoms with Crippen LogP contribution in [-0.2, 0) is 19.4 Å². The summed E-state index contributed by atoms with van der Waals surface area (Å²) in [6, 6.07) is 6.55. The highest BCUT2D eigenvalue weighted by Crippen LogP contribution is 2.32. The molecule has 1 aliphatic heterocycles. The predicted octanol–water partition coefficient (Wildman–Crippen LogP) is -0.133. The Morgan fingerprint density at radius 3 is 2.90 bits per heavy atom. The van der Waals surface area contributed by atoms with E-state index in [4.69, 9.17) is 4.74 Å². The van der Waals surface area contributed by atoms with Crippen molar-refractivity contribution in [3.63, 3.8) is 0 Å². The van der Waals surface area contributed by atoms with E-state index in [-0.39, 0.29) is 24.2 Å². The van der Waals surface area contributed by atoms with E-state index in [1.54, 1.807) is 31.4 Å². The highest BCUT2D eigenvalue weighted by molar-refractivity contribution is 7.91. The molecule has 0 spiro atoms. The minimum Gasteiger partial charge on any atom is -0.383 e. The zero-order chi connectivity index (χ0) is 14.6. The first-order valence-electron chi connectivity index (χ1n) is 6.35. The molecule has 1 aromatic carbocycles. The maximum Gasteiger partial charge on any atom is 0.234 e. The minimum atomic E-state index is -3.24. The molecule has 1 aliphatic rings. The van der Waals surface area contributed by atoms with Crippen molar-refractivity contribution in [2.45, 2.75) is 10.9 Å².